The number of rotatable bonds is 5. The summed E-state index contributed by atoms with van der Waals surface area (Å²) < 4.78 is 0. The van der Waals surface area contributed by atoms with Crippen LogP contribution >= 0.6 is 0 Å². The van der Waals surface area contributed by atoms with Crippen LogP contribution in [0.4, 0.5) is 11.5 Å². The van der Waals surface area contributed by atoms with Crippen molar-refractivity contribution in [2.45, 2.75) is 63.1 Å². The van der Waals surface area contributed by atoms with Gasteiger partial charge in [-0.05, 0) is 69.8 Å². The van der Waals surface area contributed by atoms with Crippen molar-refractivity contribution in [2.75, 3.05) is 43.4 Å². The van der Waals surface area contributed by atoms with Gasteiger partial charge in [-0.15, -0.1) is 10.2 Å². The fraction of sp³-hybridized carbons (Fsp3) is 0.593. The molecule has 6 rings (SSSR count). The van der Waals surface area contributed by atoms with Crippen LogP contribution in [-0.4, -0.2) is 76.0 Å². The molecule has 3 saturated heterocycles. The number of phenolic OH excluding ortho intramolecular Hbond substituents is 1. The number of para-hydroxylation sites is 1. The van der Waals surface area contributed by atoms with Crippen molar-refractivity contribution in [3.05, 3.63) is 30.3 Å². The van der Waals surface area contributed by atoms with Gasteiger partial charge in [0.05, 0.1) is 22.9 Å². The first-order chi connectivity index (χ1) is 17.0. The Bertz CT molecular complexity index is 1100. The van der Waals surface area contributed by atoms with Gasteiger partial charge in [0, 0.05) is 43.3 Å². The molecule has 4 heterocycles. The number of aromatic nitrogens is 2. The van der Waals surface area contributed by atoms with Crippen molar-refractivity contribution in [2.24, 2.45) is 5.41 Å². The molecule has 35 heavy (non-hydrogen) atoms. The van der Waals surface area contributed by atoms with E-state index in [0.29, 0.717) is 29.2 Å². The summed E-state index contributed by atoms with van der Waals surface area (Å²) in [7, 11) is 0. The van der Waals surface area contributed by atoms with Crippen LogP contribution in [0.15, 0.2) is 30.3 Å². The van der Waals surface area contributed by atoms with E-state index in [-0.39, 0.29) is 11.2 Å². The third-order valence-electron chi connectivity index (χ3n) is 9.02. The lowest BCUT2D eigenvalue weighted by Crippen LogP contribution is -2.58. The minimum Gasteiger partial charge on any atom is -0.507 e. The van der Waals surface area contributed by atoms with Gasteiger partial charge in [0.1, 0.15) is 5.75 Å². The number of nitrogens with zero attached hydrogens (tertiary/aromatic N) is 6. The van der Waals surface area contributed by atoms with Crippen LogP contribution in [0, 0.1) is 16.7 Å². The summed E-state index contributed by atoms with van der Waals surface area (Å²) in [5.74, 6) is 0.612. The molecule has 4 aliphatic rings. The predicted octanol–water partition coefficient (Wildman–Crippen LogP) is 3.24. The number of nitriles is 1. The molecule has 1 aromatic heterocycles. The minimum atomic E-state index is -0.224. The number of nitrogen functional groups attached to an aromatic ring is 1. The Kier molecular flexibility index (Phi) is 5.78. The van der Waals surface area contributed by atoms with Gasteiger partial charge in [-0.25, -0.2) is 0 Å². The summed E-state index contributed by atoms with van der Waals surface area (Å²) in [6.45, 7) is 4.78. The van der Waals surface area contributed by atoms with Gasteiger partial charge in [-0.3, -0.25) is 4.90 Å². The number of hydrogen-bond donors (Lipinski definition) is 2. The van der Waals surface area contributed by atoms with E-state index in [1.165, 1.54) is 19.3 Å². The van der Waals surface area contributed by atoms with E-state index < -0.39 is 0 Å². The van der Waals surface area contributed by atoms with E-state index in [0.717, 1.165) is 70.1 Å². The first-order valence-electron chi connectivity index (χ1n) is 13.1. The normalized spacial score (nSPS) is 26.9. The molecular weight excluding hydrogens is 438 g/mol. The van der Waals surface area contributed by atoms with Gasteiger partial charge < -0.3 is 20.6 Å². The van der Waals surface area contributed by atoms with Crippen molar-refractivity contribution in [1.82, 2.24) is 20.0 Å². The first kappa shape index (κ1) is 22.6. The van der Waals surface area contributed by atoms with Crippen molar-refractivity contribution < 1.29 is 5.11 Å². The van der Waals surface area contributed by atoms with E-state index in [4.69, 9.17) is 5.73 Å². The lowest BCUT2D eigenvalue weighted by atomic mass is 9.77. The second-order valence-corrected chi connectivity index (χ2v) is 11.0. The number of likely N-dealkylation sites (tertiary alicyclic amines) is 1. The van der Waals surface area contributed by atoms with Crippen molar-refractivity contribution in [3.8, 4) is 23.1 Å². The molecule has 0 spiro atoms. The fourth-order valence-corrected chi connectivity index (χ4v) is 6.64. The Hall–Kier alpha value is -2.89. The van der Waals surface area contributed by atoms with Crippen molar-refractivity contribution in [3.63, 3.8) is 0 Å². The lowest BCUT2D eigenvalue weighted by Gasteiger charge is -2.48. The monoisotopic (exact) mass is 473 g/mol. The quantitative estimate of drug-likeness (QED) is 0.682. The third-order valence-corrected chi connectivity index (χ3v) is 9.02. The highest BCUT2D eigenvalue weighted by Gasteiger charge is 2.46. The third kappa shape index (κ3) is 4.11. The van der Waals surface area contributed by atoms with E-state index in [1.54, 1.807) is 12.1 Å². The maximum absolute atomic E-state index is 10.3. The molecule has 8 heteroatoms. The number of anilines is 2. The maximum Gasteiger partial charge on any atom is 0.169 e. The van der Waals surface area contributed by atoms with Gasteiger partial charge in [0.2, 0.25) is 0 Å². The molecule has 1 aliphatic carbocycles. The Labute approximate surface area is 207 Å². The molecule has 1 saturated carbocycles. The molecule has 3 aliphatic heterocycles. The maximum atomic E-state index is 10.3. The van der Waals surface area contributed by atoms with Crippen molar-refractivity contribution >= 4 is 11.5 Å². The number of nitrogens with two attached hydrogens (primary N) is 1. The standard InChI is InChI=1S/C27H35N7O/c28-17-27(10-12-32(13-11-27)19-4-3-5-19)18-34-20-8-9-21(34)16-33(15-20)24-14-23(30-31-26(24)29)22-6-1-2-7-25(22)35/h1-2,6-7,14,19-21,35H,3-5,8-13,15-16,18H2,(H2,29,31). The number of piperazine rings is 1. The smallest absolute Gasteiger partial charge is 0.169 e. The van der Waals surface area contributed by atoms with Gasteiger partial charge in [0.25, 0.3) is 0 Å². The van der Waals surface area contributed by atoms with Crippen LogP contribution in [0.3, 0.4) is 0 Å². The van der Waals surface area contributed by atoms with Crippen molar-refractivity contribution in [1.29, 1.82) is 5.26 Å². The summed E-state index contributed by atoms with van der Waals surface area (Å²) in [6, 6.07) is 13.5. The highest BCUT2D eigenvalue weighted by Crippen LogP contribution is 2.41. The number of piperidine rings is 1. The highest BCUT2D eigenvalue weighted by molar-refractivity contribution is 5.74. The molecule has 3 N–H and O–H groups in total. The summed E-state index contributed by atoms with van der Waals surface area (Å²) in [6.07, 6.45) is 8.33. The van der Waals surface area contributed by atoms with Crippen LogP contribution in [-0.2, 0) is 0 Å². The number of aromatic hydroxyl groups is 1. The van der Waals surface area contributed by atoms with E-state index in [9.17, 15) is 10.4 Å². The Morgan fingerprint density at radius 3 is 2.37 bits per heavy atom. The number of fused-ring (bicyclic) bond motifs is 2. The summed E-state index contributed by atoms with van der Waals surface area (Å²) in [4.78, 5) is 7.60. The molecular formula is C27H35N7O. The Balaban J connectivity index is 1.17. The van der Waals surface area contributed by atoms with E-state index in [1.807, 2.05) is 18.2 Å². The lowest BCUT2D eigenvalue weighted by molar-refractivity contribution is 0.0347. The zero-order chi connectivity index (χ0) is 24.0. The number of benzene rings is 1. The molecule has 184 valence electrons. The zero-order valence-electron chi connectivity index (χ0n) is 20.3. The second kappa shape index (κ2) is 8.96. The largest absolute Gasteiger partial charge is 0.507 e. The average Bonchev–Trinajstić information content (AvgIpc) is 3.06. The molecule has 2 atom stereocenters. The minimum absolute atomic E-state index is 0.188. The zero-order valence-corrected chi connectivity index (χ0v) is 20.3. The van der Waals surface area contributed by atoms with Gasteiger partial charge in [-0.1, -0.05) is 18.6 Å². The molecule has 2 unspecified atom stereocenters. The van der Waals surface area contributed by atoms with Crippen LogP contribution < -0.4 is 10.6 Å². The topological polar surface area (TPSA) is 106 Å². The average molecular weight is 474 g/mol. The molecule has 1 aromatic carbocycles. The van der Waals surface area contributed by atoms with Crippen LogP contribution in [0.2, 0.25) is 0 Å². The van der Waals surface area contributed by atoms with E-state index in [2.05, 4.69) is 31.0 Å². The predicted molar refractivity (Wildman–Crippen MR) is 136 cm³/mol. The molecule has 0 radical (unpaired) electrons. The van der Waals surface area contributed by atoms with Gasteiger partial charge in [-0.2, -0.15) is 5.26 Å². The molecule has 4 fully saturated rings. The van der Waals surface area contributed by atoms with Gasteiger partial charge >= 0.3 is 0 Å². The Morgan fingerprint density at radius 1 is 1.03 bits per heavy atom. The highest BCUT2D eigenvalue weighted by atomic mass is 16.3. The summed E-state index contributed by atoms with van der Waals surface area (Å²) in [5.41, 5.74) is 8.24. The molecule has 8 nitrogen and oxygen atoms in total. The molecule has 2 bridgehead atoms. The Morgan fingerprint density at radius 2 is 1.74 bits per heavy atom. The number of phenols is 1. The molecule has 2 aromatic rings. The fourth-order valence-electron chi connectivity index (χ4n) is 6.64. The number of hydrogen-bond acceptors (Lipinski definition) is 8. The molecule has 0 amide bonds. The SMILES string of the molecule is N#CC1(CN2C3CCC2CN(c2cc(-c4ccccc4O)nnc2N)C3)CCN(C2CCC2)CC1. The van der Waals surface area contributed by atoms with Gasteiger partial charge in [0.15, 0.2) is 5.82 Å². The van der Waals surface area contributed by atoms with Crippen LogP contribution in [0.1, 0.15) is 44.9 Å². The summed E-state index contributed by atoms with van der Waals surface area (Å²) in [5, 5.41) is 29.0. The first-order valence-corrected chi connectivity index (χ1v) is 13.1. The summed E-state index contributed by atoms with van der Waals surface area (Å²) >= 11 is 0. The van der Waals surface area contributed by atoms with Crippen LogP contribution in [0.5, 0.6) is 5.75 Å². The van der Waals surface area contributed by atoms with Crippen LogP contribution in [0.25, 0.3) is 11.3 Å². The van der Waals surface area contributed by atoms with E-state index >= 15 is 0 Å². The second-order valence-electron chi connectivity index (χ2n) is 11.0.